The SMILES string of the molecule is C=P([CH2-])(C)C.C=P([CH2-])(C)C.[Ag+].[Ag+]. The second kappa shape index (κ2) is 9.63. The predicted octanol–water partition coefficient (Wildman–Crippen LogP) is 2.97. The van der Waals surface area contributed by atoms with Crippen LogP contribution in [0.5, 0.6) is 0 Å². The van der Waals surface area contributed by atoms with E-state index in [2.05, 4.69) is 52.6 Å². The van der Waals surface area contributed by atoms with E-state index >= 15 is 0 Å². The monoisotopic (exact) mass is 392 g/mol. The summed E-state index contributed by atoms with van der Waals surface area (Å²) in [5.41, 5.74) is 0. The third-order valence-electron chi connectivity index (χ3n) is 0. The minimum Gasteiger partial charge on any atom is -0.316 e. The maximum Gasteiger partial charge on any atom is 1.00 e. The molecule has 0 N–H and O–H groups in total. The molecule has 0 aromatic carbocycles. The van der Waals surface area contributed by atoms with Crippen LogP contribution in [-0.4, -0.2) is 39.3 Å². The van der Waals surface area contributed by atoms with E-state index in [-0.39, 0.29) is 44.8 Å². The molecule has 0 aliphatic rings. The molecule has 0 rings (SSSR count). The van der Waals surface area contributed by atoms with E-state index in [1.165, 1.54) is 0 Å². The topological polar surface area (TPSA) is 0 Å². The first kappa shape index (κ1) is 23.7. The third kappa shape index (κ3) is 343. The zero-order valence-electron chi connectivity index (χ0n) is 8.33. The molecule has 0 aliphatic carbocycles. The Morgan fingerprint density at radius 3 is 0.750 bits per heavy atom. The summed E-state index contributed by atoms with van der Waals surface area (Å²) in [6.07, 6.45) is 7.54. The fraction of sp³-hybridized carbons (Fsp3) is 0.500. The largest absolute Gasteiger partial charge is 1.00 e. The van der Waals surface area contributed by atoms with Crippen molar-refractivity contribution in [2.24, 2.45) is 0 Å². The van der Waals surface area contributed by atoms with Gasteiger partial charge in [-0.3, -0.25) is 13.8 Å². The molecule has 0 aliphatic heterocycles. The van der Waals surface area contributed by atoms with Gasteiger partial charge in [-0.25, -0.2) is 0 Å². The normalized spacial score (nSPS) is 9.83. The molecular formula is C8H20Ag2P2. The van der Waals surface area contributed by atoms with E-state index in [1.54, 1.807) is 0 Å². The molecule has 0 nitrogen and oxygen atoms in total. The van der Waals surface area contributed by atoms with E-state index in [1.807, 2.05) is 0 Å². The Morgan fingerprint density at radius 1 is 0.750 bits per heavy atom. The Kier molecular flexibility index (Phi) is 19.0. The molecule has 0 atom stereocenters. The van der Waals surface area contributed by atoms with Crippen LogP contribution in [0.3, 0.4) is 0 Å². The van der Waals surface area contributed by atoms with Gasteiger partial charge in [-0.1, -0.05) is 26.7 Å². The van der Waals surface area contributed by atoms with Crippen LogP contribution < -0.4 is 0 Å². The Hall–Kier alpha value is 2.08. The van der Waals surface area contributed by atoms with Crippen molar-refractivity contribution in [3.05, 3.63) is 13.3 Å². The summed E-state index contributed by atoms with van der Waals surface area (Å²) in [4.78, 5) is 0. The second-order valence-corrected chi connectivity index (χ2v) is 11.6. The average molecular weight is 394 g/mol. The molecule has 4 heteroatoms. The zero-order chi connectivity index (χ0) is 9.00. The summed E-state index contributed by atoms with van der Waals surface area (Å²) < 4.78 is 0. The van der Waals surface area contributed by atoms with Gasteiger partial charge < -0.3 is 13.3 Å². The Morgan fingerprint density at radius 2 is 0.750 bits per heavy atom. The molecule has 0 unspecified atom stereocenters. The smallest absolute Gasteiger partial charge is 0.316 e. The summed E-state index contributed by atoms with van der Waals surface area (Å²) in [5, 5.41) is 0. The minimum atomic E-state index is -0.889. The summed E-state index contributed by atoms with van der Waals surface area (Å²) in [5.74, 6) is 0. The van der Waals surface area contributed by atoms with E-state index in [4.69, 9.17) is 0 Å². The summed E-state index contributed by atoms with van der Waals surface area (Å²) in [6, 6.07) is 0. The third-order valence-corrected chi connectivity index (χ3v) is 0. The van der Waals surface area contributed by atoms with Crippen LogP contribution in [0.15, 0.2) is 0 Å². The van der Waals surface area contributed by atoms with Gasteiger partial charge in [-0.15, -0.1) is 12.6 Å². The first-order chi connectivity index (χ1) is 4.00. The summed E-state index contributed by atoms with van der Waals surface area (Å²) >= 11 is 0. The van der Waals surface area contributed by atoms with Crippen molar-refractivity contribution in [2.75, 3.05) is 26.7 Å². The number of rotatable bonds is 0. The van der Waals surface area contributed by atoms with Gasteiger partial charge in [0.2, 0.25) is 0 Å². The van der Waals surface area contributed by atoms with Gasteiger partial charge in [0, 0.05) is 0 Å². The van der Waals surface area contributed by atoms with Crippen LogP contribution in [0.1, 0.15) is 0 Å². The van der Waals surface area contributed by atoms with Crippen molar-refractivity contribution in [2.45, 2.75) is 0 Å². The Labute approximate surface area is 110 Å². The Balaban J connectivity index is -0.0000000457. The van der Waals surface area contributed by atoms with Crippen LogP contribution in [0.4, 0.5) is 0 Å². The number of hydrogen-bond acceptors (Lipinski definition) is 0. The fourth-order valence-electron chi connectivity index (χ4n) is 0. The molecule has 0 amide bonds. The number of hydrogen-bond donors (Lipinski definition) is 0. The molecule has 0 aromatic heterocycles. The maximum atomic E-state index is 3.77. The molecule has 12 heavy (non-hydrogen) atoms. The quantitative estimate of drug-likeness (QED) is 0.337. The minimum absolute atomic E-state index is 0. The van der Waals surface area contributed by atoms with Gasteiger partial charge in [-0.05, 0) is 0 Å². The fourth-order valence-corrected chi connectivity index (χ4v) is 0. The molecule has 0 saturated heterocycles. The van der Waals surface area contributed by atoms with Crippen LogP contribution in [0.2, 0.25) is 0 Å². The van der Waals surface area contributed by atoms with Crippen molar-refractivity contribution >= 4 is 26.4 Å². The average Bonchev–Trinajstić information content (AvgIpc) is 1.12. The van der Waals surface area contributed by atoms with Gasteiger partial charge in [0.25, 0.3) is 0 Å². The molecular weight excluding hydrogens is 374 g/mol. The molecule has 0 radical (unpaired) electrons. The van der Waals surface area contributed by atoms with Crippen molar-refractivity contribution in [3.8, 4) is 0 Å². The van der Waals surface area contributed by atoms with Gasteiger partial charge in [0.05, 0.1) is 0 Å². The van der Waals surface area contributed by atoms with Crippen LogP contribution in [-0.2, 0) is 44.8 Å². The van der Waals surface area contributed by atoms with Crippen LogP contribution >= 0.6 is 13.8 Å². The van der Waals surface area contributed by atoms with Crippen LogP contribution in [0, 0.1) is 13.3 Å². The molecule has 0 fully saturated rings. The molecule has 0 heterocycles. The molecule has 0 spiro atoms. The maximum absolute atomic E-state index is 3.77. The van der Waals surface area contributed by atoms with E-state index in [9.17, 15) is 0 Å². The summed E-state index contributed by atoms with van der Waals surface area (Å²) in [7, 11) is 0. The Bertz CT molecular complexity index is 127. The van der Waals surface area contributed by atoms with Gasteiger partial charge in [0.15, 0.2) is 0 Å². The van der Waals surface area contributed by atoms with E-state index in [0.717, 1.165) is 0 Å². The standard InChI is InChI=1S/2C4H10P.2Ag/c2*1-5(2,3)4;;/h2*1-2H2,3-4H3;;/q2*-1;2*+1. The first-order valence-corrected chi connectivity index (χ1v) is 9.16. The first-order valence-electron chi connectivity index (χ1n) is 3.05. The van der Waals surface area contributed by atoms with E-state index < -0.39 is 13.8 Å². The van der Waals surface area contributed by atoms with E-state index in [0.29, 0.717) is 0 Å². The van der Waals surface area contributed by atoms with Crippen LogP contribution in [0.25, 0.3) is 0 Å². The molecule has 0 bridgehead atoms. The summed E-state index contributed by atoms with van der Waals surface area (Å²) in [6.45, 7) is 14.1. The predicted molar refractivity (Wildman–Crippen MR) is 62.5 cm³/mol. The van der Waals surface area contributed by atoms with Crippen molar-refractivity contribution in [3.63, 3.8) is 0 Å². The van der Waals surface area contributed by atoms with Crippen molar-refractivity contribution < 1.29 is 44.8 Å². The van der Waals surface area contributed by atoms with Gasteiger partial charge in [0.1, 0.15) is 0 Å². The molecule has 0 aromatic rings. The van der Waals surface area contributed by atoms with Gasteiger partial charge >= 0.3 is 44.8 Å². The van der Waals surface area contributed by atoms with Gasteiger partial charge in [-0.2, -0.15) is 0 Å². The van der Waals surface area contributed by atoms with Crippen molar-refractivity contribution in [1.82, 2.24) is 0 Å². The molecule has 84 valence electrons. The molecule has 0 saturated carbocycles. The second-order valence-electron chi connectivity index (χ2n) is 3.87. The van der Waals surface area contributed by atoms with Crippen molar-refractivity contribution in [1.29, 1.82) is 0 Å². The zero-order valence-corrected chi connectivity index (χ0v) is 13.1.